The monoisotopic (exact) mass is 538 g/mol. The summed E-state index contributed by atoms with van der Waals surface area (Å²) in [5.41, 5.74) is 4.52. The predicted octanol–water partition coefficient (Wildman–Crippen LogP) is 6.38. The van der Waals surface area contributed by atoms with E-state index in [0.717, 1.165) is 53.3 Å². The van der Waals surface area contributed by atoms with Gasteiger partial charge in [0.05, 0.1) is 6.04 Å². The van der Waals surface area contributed by atoms with E-state index in [1.165, 1.54) is 0 Å². The highest BCUT2D eigenvalue weighted by Crippen LogP contribution is 2.35. The van der Waals surface area contributed by atoms with Crippen LogP contribution < -0.4 is 5.56 Å². The highest BCUT2D eigenvalue weighted by Gasteiger charge is 2.33. The summed E-state index contributed by atoms with van der Waals surface area (Å²) < 4.78 is 1.96. The smallest absolute Gasteiger partial charge is 0.253 e. The molecule has 5 aromatic rings. The molecule has 0 unspecified atom stereocenters. The molecule has 0 spiro atoms. The van der Waals surface area contributed by atoms with Gasteiger partial charge >= 0.3 is 0 Å². The third-order valence-corrected chi connectivity index (χ3v) is 8.05. The Morgan fingerprint density at radius 3 is 2.56 bits per heavy atom. The van der Waals surface area contributed by atoms with Crippen molar-refractivity contribution in [3.8, 4) is 0 Å². The average molecular weight is 539 g/mol. The molecule has 8 heteroatoms. The Morgan fingerprint density at radius 2 is 1.77 bits per heavy atom. The van der Waals surface area contributed by atoms with Crippen LogP contribution in [-0.4, -0.2) is 30.1 Å². The van der Waals surface area contributed by atoms with Gasteiger partial charge < -0.3 is 4.98 Å². The van der Waals surface area contributed by atoms with E-state index in [4.69, 9.17) is 11.6 Å². The zero-order valence-corrected chi connectivity index (χ0v) is 22.7. The van der Waals surface area contributed by atoms with Crippen LogP contribution in [0.3, 0.4) is 0 Å². The summed E-state index contributed by atoms with van der Waals surface area (Å²) in [6.07, 6.45) is 4.36. The lowest BCUT2D eigenvalue weighted by Crippen LogP contribution is -2.35. The van der Waals surface area contributed by atoms with E-state index in [1.807, 2.05) is 65.3 Å². The fourth-order valence-corrected chi connectivity index (χ4v) is 5.93. The van der Waals surface area contributed by atoms with Gasteiger partial charge in [-0.1, -0.05) is 84.6 Å². The Hall–Kier alpha value is -3.81. The molecule has 1 saturated carbocycles. The molecule has 2 heterocycles. The van der Waals surface area contributed by atoms with Gasteiger partial charge in [-0.3, -0.25) is 9.69 Å². The summed E-state index contributed by atoms with van der Waals surface area (Å²) in [6.45, 7) is 3.16. The van der Waals surface area contributed by atoms with E-state index in [1.54, 1.807) is 0 Å². The zero-order chi connectivity index (χ0) is 26.8. The Kier molecular flexibility index (Phi) is 7.26. The number of rotatable bonds is 8. The van der Waals surface area contributed by atoms with Crippen LogP contribution in [0.4, 0.5) is 0 Å². The highest BCUT2D eigenvalue weighted by atomic mass is 35.5. The number of aromatic nitrogens is 5. The van der Waals surface area contributed by atoms with Crippen LogP contribution >= 0.6 is 11.6 Å². The normalized spacial score (nSPS) is 14.8. The molecule has 7 nitrogen and oxygen atoms in total. The topological polar surface area (TPSA) is 79.7 Å². The second-order valence-electron chi connectivity index (χ2n) is 10.4. The number of tetrazole rings is 1. The van der Waals surface area contributed by atoms with Gasteiger partial charge in [0.2, 0.25) is 0 Å². The molecule has 0 bridgehead atoms. The SMILES string of the molecule is Cc1ccc2[nH]c(=O)c([C@H](c3nnnn3C3CCCC3)N(Cc3ccccc3)Cc3ccccc3Cl)cc2c1. The van der Waals surface area contributed by atoms with Crippen molar-refractivity contribution in [3.05, 3.63) is 122 Å². The first kappa shape index (κ1) is 25.5. The number of pyridine rings is 1. The van der Waals surface area contributed by atoms with Crippen molar-refractivity contribution in [2.24, 2.45) is 0 Å². The van der Waals surface area contributed by atoms with Gasteiger partial charge in [0.1, 0.15) is 6.04 Å². The maximum Gasteiger partial charge on any atom is 0.253 e. The molecule has 0 saturated heterocycles. The lowest BCUT2D eigenvalue weighted by molar-refractivity contribution is 0.190. The van der Waals surface area contributed by atoms with Crippen molar-refractivity contribution in [3.63, 3.8) is 0 Å². The minimum atomic E-state index is -0.495. The van der Waals surface area contributed by atoms with Gasteiger partial charge in [0, 0.05) is 29.2 Å². The number of hydrogen-bond acceptors (Lipinski definition) is 5. The molecular weight excluding hydrogens is 508 g/mol. The zero-order valence-electron chi connectivity index (χ0n) is 21.9. The van der Waals surface area contributed by atoms with Crippen LogP contribution in [-0.2, 0) is 13.1 Å². The summed E-state index contributed by atoms with van der Waals surface area (Å²) in [5.74, 6) is 0.683. The molecule has 1 aliphatic carbocycles. The van der Waals surface area contributed by atoms with Gasteiger partial charge in [-0.15, -0.1) is 5.10 Å². The number of benzene rings is 3. The second kappa shape index (κ2) is 11.1. The van der Waals surface area contributed by atoms with Crippen LogP contribution in [0.2, 0.25) is 5.02 Å². The molecule has 0 amide bonds. The number of hydrogen-bond donors (Lipinski definition) is 1. The summed E-state index contributed by atoms with van der Waals surface area (Å²) in [4.78, 5) is 19.2. The number of nitrogens with one attached hydrogen (secondary N) is 1. The van der Waals surface area contributed by atoms with E-state index in [0.29, 0.717) is 29.5 Å². The summed E-state index contributed by atoms with van der Waals surface area (Å²) in [5, 5.41) is 14.8. The van der Waals surface area contributed by atoms with E-state index in [-0.39, 0.29) is 11.6 Å². The van der Waals surface area contributed by atoms with Crippen LogP contribution in [0.5, 0.6) is 0 Å². The van der Waals surface area contributed by atoms with Crippen molar-refractivity contribution in [2.45, 2.75) is 57.8 Å². The lowest BCUT2D eigenvalue weighted by Gasteiger charge is -2.32. The van der Waals surface area contributed by atoms with E-state index in [9.17, 15) is 4.79 Å². The molecular formula is C31H31ClN6O. The molecule has 6 rings (SSSR count). The summed E-state index contributed by atoms with van der Waals surface area (Å²) >= 11 is 6.67. The number of halogens is 1. The van der Waals surface area contributed by atoms with E-state index in [2.05, 4.69) is 50.5 Å². The van der Waals surface area contributed by atoms with Gasteiger partial charge in [-0.05, 0) is 71.0 Å². The first-order valence-electron chi connectivity index (χ1n) is 13.5. The van der Waals surface area contributed by atoms with Crippen LogP contribution in [0.15, 0.2) is 83.7 Å². The fourth-order valence-electron chi connectivity index (χ4n) is 5.74. The van der Waals surface area contributed by atoms with Gasteiger partial charge in [-0.25, -0.2) is 4.68 Å². The van der Waals surface area contributed by atoms with E-state index >= 15 is 0 Å². The van der Waals surface area contributed by atoms with Gasteiger partial charge in [0.25, 0.3) is 5.56 Å². The van der Waals surface area contributed by atoms with Crippen LogP contribution in [0.1, 0.15) is 65.8 Å². The fraction of sp³-hybridized carbons (Fsp3) is 0.290. The van der Waals surface area contributed by atoms with Gasteiger partial charge in [-0.2, -0.15) is 0 Å². The van der Waals surface area contributed by atoms with Crippen molar-refractivity contribution in [1.29, 1.82) is 0 Å². The number of H-pyrrole nitrogens is 1. The molecule has 3 aromatic carbocycles. The van der Waals surface area contributed by atoms with Gasteiger partial charge in [0.15, 0.2) is 5.82 Å². The molecule has 2 aromatic heterocycles. The lowest BCUT2D eigenvalue weighted by atomic mass is 10.0. The predicted molar refractivity (Wildman–Crippen MR) is 154 cm³/mol. The summed E-state index contributed by atoms with van der Waals surface area (Å²) in [7, 11) is 0. The Morgan fingerprint density at radius 1 is 1.00 bits per heavy atom. The molecule has 1 atom stereocenters. The second-order valence-corrected chi connectivity index (χ2v) is 10.9. The third kappa shape index (κ3) is 5.37. The molecule has 1 N–H and O–H groups in total. The van der Waals surface area contributed by atoms with Crippen molar-refractivity contribution in [1.82, 2.24) is 30.1 Å². The Bertz CT molecular complexity index is 1640. The average Bonchev–Trinajstić information content (AvgIpc) is 3.64. The first-order valence-corrected chi connectivity index (χ1v) is 13.9. The number of aromatic amines is 1. The Labute approximate surface area is 232 Å². The van der Waals surface area contributed by atoms with Crippen LogP contribution in [0.25, 0.3) is 10.9 Å². The molecule has 198 valence electrons. The molecule has 1 aliphatic rings. The van der Waals surface area contributed by atoms with Crippen LogP contribution in [0, 0.1) is 6.92 Å². The molecule has 0 aliphatic heterocycles. The standard InChI is InChI=1S/C31H31ClN6O/c1-21-15-16-28-24(17-21)18-26(31(39)33-28)29(30-34-35-36-38(30)25-12-6-7-13-25)37(19-22-9-3-2-4-10-22)20-23-11-5-8-14-27(23)32/h2-5,8-11,14-18,25,29H,6-7,12-13,19-20H2,1H3,(H,33,39)/t29-/m1/s1. The maximum absolute atomic E-state index is 13.8. The largest absolute Gasteiger partial charge is 0.322 e. The first-order chi connectivity index (χ1) is 19.1. The molecule has 1 fully saturated rings. The highest BCUT2D eigenvalue weighted by molar-refractivity contribution is 6.31. The molecule has 0 radical (unpaired) electrons. The van der Waals surface area contributed by atoms with Crippen molar-refractivity contribution in [2.75, 3.05) is 0 Å². The number of nitrogens with zero attached hydrogens (tertiary/aromatic N) is 5. The van der Waals surface area contributed by atoms with Crippen molar-refractivity contribution >= 4 is 22.5 Å². The minimum absolute atomic E-state index is 0.144. The Balaban J connectivity index is 1.55. The minimum Gasteiger partial charge on any atom is -0.322 e. The number of fused-ring (bicyclic) bond motifs is 1. The molecule has 39 heavy (non-hydrogen) atoms. The third-order valence-electron chi connectivity index (χ3n) is 7.68. The quantitative estimate of drug-likeness (QED) is 0.248. The number of aryl methyl sites for hydroxylation is 1. The van der Waals surface area contributed by atoms with E-state index < -0.39 is 6.04 Å². The summed E-state index contributed by atoms with van der Waals surface area (Å²) in [6, 6.07) is 25.9. The van der Waals surface area contributed by atoms with Crippen molar-refractivity contribution < 1.29 is 0 Å². The maximum atomic E-state index is 13.8.